The average Bonchev–Trinajstić information content (AvgIpc) is 2.89. The zero-order valence-corrected chi connectivity index (χ0v) is 22.3. The molecule has 0 aromatic heterocycles. The minimum atomic E-state index is -2.27. The molecule has 16 heteroatoms. The van der Waals surface area contributed by atoms with Gasteiger partial charge >= 0.3 is 23.9 Å². The molecule has 2 fully saturated rings. The molecule has 1 aromatic carbocycles. The summed E-state index contributed by atoms with van der Waals surface area (Å²) < 4.78 is 0. The van der Waals surface area contributed by atoms with Crippen molar-refractivity contribution in [2.24, 2.45) is 5.92 Å². The third-order valence-electron chi connectivity index (χ3n) is 7.71. The van der Waals surface area contributed by atoms with Gasteiger partial charge in [-0.15, -0.1) is 0 Å². The molecule has 13 N–H and O–H groups in total. The lowest BCUT2D eigenvalue weighted by Gasteiger charge is -2.58. The number of hydrogen-bond donors (Lipinski definition) is 9. The number of aliphatic hydroxyl groups excluding tert-OH is 4. The van der Waals surface area contributed by atoms with E-state index in [1.807, 2.05) is 6.07 Å². The zero-order chi connectivity index (χ0) is 29.7. The summed E-state index contributed by atoms with van der Waals surface area (Å²) in [6, 6.07) is 6.85. The van der Waals surface area contributed by atoms with Crippen molar-refractivity contribution in [2.75, 3.05) is 13.6 Å². The van der Waals surface area contributed by atoms with E-state index in [2.05, 4.69) is 24.1 Å². The molecule has 234 valence electrons. The van der Waals surface area contributed by atoms with Crippen LogP contribution < -0.4 is 0 Å². The largest absolute Gasteiger partial charge is 0.508 e. The Morgan fingerprint density at radius 2 is 1.27 bits per heavy atom. The first-order valence-corrected chi connectivity index (χ1v) is 12.3. The minimum Gasteiger partial charge on any atom is -0.508 e. The number of aliphatic hydroxyl groups is 4. The molecule has 2 unspecified atom stereocenters. The van der Waals surface area contributed by atoms with E-state index in [0.717, 1.165) is 12.0 Å². The lowest BCUT2D eigenvalue weighted by Crippen LogP contribution is -2.59. The molecule has 2 aliphatic carbocycles. The molecule has 1 aromatic rings. The van der Waals surface area contributed by atoms with E-state index in [-0.39, 0.29) is 11.0 Å². The van der Waals surface area contributed by atoms with E-state index in [9.17, 15) is 24.3 Å². The van der Waals surface area contributed by atoms with Gasteiger partial charge in [-0.3, -0.25) is 0 Å². The number of benzene rings is 1. The number of hydrogen-bond acceptors (Lipinski definition) is 10. The highest BCUT2D eigenvalue weighted by molar-refractivity contribution is 5.83. The van der Waals surface area contributed by atoms with Crippen LogP contribution in [0.5, 0.6) is 5.75 Å². The van der Waals surface area contributed by atoms with Crippen LogP contribution in [0.1, 0.15) is 43.2 Å². The number of nitrogens with zero attached hydrogens (tertiary/aromatic N) is 1. The summed E-state index contributed by atoms with van der Waals surface area (Å²) in [5.74, 6) is -5.81. The number of aromatic hydroxyl groups is 1. The van der Waals surface area contributed by atoms with Gasteiger partial charge in [0, 0.05) is 11.5 Å². The average molecular weight is 594 g/mol. The number of rotatable bonds is 6. The number of likely N-dealkylation sites (tertiary alicyclic amines) is 1. The van der Waals surface area contributed by atoms with Crippen molar-refractivity contribution in [3.63, 3.8) is 0 Å². The number of likely N-dealkylation sites (N-methyl/N-ethyl adjacent to an activating group) is 1. The number of aliphatic carboxylic acids is 4. The molecule has 0 amide bonds. The lowest BCUT2D eigenvalue weighted by atomic mass is 9.52. The lowest BCUT2D eigenvalue weighted by molar-refractivity contribution is -0.165. The molecule has 41 heavy (non-hydrogen) atoms. The first-order valence-electron chi connectivity index (χ1n) is 12.3. The molecule has 7 atom stereocenters. The summed E-state index contributed by atoms with van der Waals surface area (Å²) >= 11 is 0. The van der Waals surface area contributed by atoms with E-state index in [1.54, 1.807) is 0 Å². The number of phenols is 1. The van der Waals surface area contributed by atoms with E-state index in [1.165, 1.54) is 56.2 Å². The summed E-state index contributed by atoms with van der Waals surface area (Å²) in [6.07, 6.45) is -1.14. The van der Waals surface area contributed by atoms with Crippen molar-refractivity contribution in [1.29, 1.82) is 0 Å². The number of carboxylic acid groups (broad SMARTS) is 4. The van der Waals surface area contributed by atoms with Gasteiger partial charge in [0.05, 0.1) is 0 Å². The fraction of sp³-hybridized carbons (Fsp3) is 0.600. The van der Waals surface area contributed by atoms with E-state index in [0.29, 0.717) is 11.2 Å². The molecule has 1 heterocycles. The maximum atomic E-state index is 9.91. The summed E-state index contributed by atoms with van der Waals surface area (Å²) in [5, 5.41) is 75.0. The summed E-state index contributed by atoms with van der Waals surface area (Å²) in [6.45, 7) is 1.22. The smallest absolute Gasteiger partial charge is 0.335 e. The molecule has 1 saturated heterocycles. The monoisotopic (exact) mass is 593 g/mol. The molecular weight excluding hydrogens is 554 g/mol. The Morgan fingerprint density at radius 1 is 0.805 bits per heavy atom. The summed E-state index contributed by atoms with van der Waals surface area (Å²) in [7, 11) is 2.30. The van der Waals surface area contributed by atoms with Gasteiger partial charge in [-0.05, 0) is 68.5 Å². The Labute approximate surface area is 234 Å². The summed E-state index contributed by atoms with van der Waals surface area (Å²) in [5.41, 5.74) is 3.36. The van der Waals surface area contributed by atoms with E-state index < -0.39 is 48.3 Å². The molecule has 1 saturated carbocycles. The standard InChI is InChI=1S/C17H23NO.2C4H6O6.2H2O/c1-18-9-8-17-7-3-2-4-14(17)16(18)10-12-5-6-13(19)11-15(12)17;2*5-1(3(7)8)2(6)4(9)10;;/h5-6,11,14,16,19H,2-4,7-10H2,1H3;2*1-2,5-6H,(H,7,8)(H,9,10);2*1H2/t14-,16+,17+;1-,2-;;;/m01.../s1. The second-order valence-electron chi connectivity index (χ2n) is 9.98. The van der Waals surface area contributed by atoms with Crippen molar-refractivity contribution >= 4 is 23.9 Å². The molecule has 0 spiro atoms. The topological polar surface area (TPSA) is 317 Å². The Morgan fingerprint density at radius 3 is 1.71 bits per heavy atom. The molecule has 1 aliphatic heterocycles. The van der Waals surface area contributed by atoms with Crippen LogP contribution in [0.2, 0.25) is 0 Å². The molecule has 2 bridgehead atoms. The third kappa shape index (κ3) is 8.56. The molecule has 16 nitrogen and oxygen atoms in total. The van der Waals surface area contributed by atoms with Gasteiger partial charge in [0.15, 0.2) is 24.4 Å². The molecule has 4 rings (SSSR count). The fourth-order valence-corrected chi connectivity index (χ4v) is 5.72. The van der Waals surface area contributed by atoms with Crippen molar-refractivity contribution in [2.45, 2.75) is 74.4 Å². The van der Waals surface area contributed by atoms with Gasteiger partial charge < -0.3 is 61.8 Å². The van der Waals surface area contributed by atoms with Crippen molar-refractivity contribution in [3.8, 4) is 5.75 Å². The quantitative estimate of drug-likeness (QED) is 0.161. The first kappa shape index (κ1) is 37.6. The number of phenolic OH excluding ortho intramolecular Hbond substituents is 1. The van der Waals surface area contributed by atoms with Gasteiger partial charge in [0.2, 0.25) is 0 Å². The van der Waals surface area contributed by atoms with Crippen molar-refractivity contribution in [3.05, 3.63) is 29.3 Å². The Balaban J connectivity index is 0.000000632. The van der Waals surface area contributed by atoms with Crippen LogP contribution in [-0.4, -0.2) is 130 Å². The normalized spacial score (nSPS) is 25.1. The zero-order valence-electron chi connectivity index (χ0n) is 22.3. The number of carbonyl (C=O) groups is 4. The highest BCUT2D eigenvalue weighted by Crippen LogP contribution is 2.55. The Bertz CT molecular complexity index is 993. The van der Waals surface area contributed by atoms with Crippen LogP contribution in [0, 0.1) is 5.92 Å². The number of carboxylic acids is 4. The van der Waals surface area contributed by atoms with Gasteiger partial charge in [-0.25, -0.2) is 19.2 Å². The highest BCUT2D eigenvalue weighted by atomic mass is 16.4. The van der Waals surface area contributed by atoms with Crippen LogP contribution in [0.4, 0.5) is 0 Å². The van der Waals surface area contributed by atoms with Crippen LogP contribution in [-0.2, 0) is 31.0 Å². The van der Waals surface area contributed by atoms with Crippen LogP contribution in [0.3, 0.4) is 0 Å². The fourth-order valence-electron chi connectivity index (χ4n) is 5.72. The molecular formula is C25H39NO15. The van der Waals surface area contributed by atoms with Gasteiger partial charge in [0.1, 0.15) is 5.75 Å². The molecule has 0 radical (unpaired) electrons. The minimum absolute atomic E-state index is 0. The second-order valence-corrected chi connectivity index (χ2v) is 9.98. The van der Waals surface area contributed by atoms with Crippen LogP contribution in [0.25, 0.3) is 0 Å². The van der Waals surface area contributed by atoms with Crippen LogP contribution in [0.15, 0.2) is 18.2 Å². The first-order chi connectivity index (χ1) is 18.1. The Kier molecular flexibility index (Phi) is 14.3. The maximum absolute atomic E-state index is 9.91. The van der Waals surface area contributed by atoms with Crippen LogP contribution >= 0.6 is 0 Å². The maximum Gasteiger partial charge on any atom is 0.335 e. The predicted molar refractivity (Wildman–Crippen MR) is 138 cm³/mol. The van der Waals surface area contributed by atoms with E-state index in [4.69, 9.17) is 40.9 Å². The third-order valence-corrected chi connectivity index (χ3v) is 7.71. The number of piperidine rings is 1. The summed E-state index contributed by atoms with van der Waals surface area (Å²) in [4.78, 5) is 41.7. The van der Waals surface area contributed by atoms with Gasteiger partial charge in [-0.1, -0.05) is 18.9 Å². The Hall–Kier alpha value is -3.38. The van der Waals surface area contributed by atoms with E-state index >= 15 is 0 Å². The highest BCUT2D eigenvalue weighted by Gasteiger charge is 2.53. The van der Waals surface area contributed by atoms with Crippen molar-refractivity contribution in [1.82, 2.24) is 4.90 Å². The van der Waals surface area contributed by atoms with Crippen molar-refractivity contribution < 1.29 is 76.1 Å². The van der Waals surface area contributed by atoms with Gasteiger partial charge in [-0.2, -0.15) is 0 Å². The van der Waals surface area contributed by atoms with Gasteiger partial charge in [0.25, 0.3) is 0 Å². The second kappa shape index (κ2) is 15.6. The number of fused-ring (bicyclic) bond motifs is 1. The predicted octanol–water partition coefficient (Wildman–Crippen LogP) is -2.81. The SMILES string of the molecule is CN1CC[C@]23CCCC[C@H]2[C@H]1Cc1ccc(O)cc13.O.O.O=C(O)C(O)C(O)C(=O)O.O=C(O)[C@H](O)[C@@H](O)C(=O)O. The molecule has 3 aliphatic rings.